The van der Waals surface area contributed by atoms with Gasteiger partial charge in [-0.2, -0.15) is 0 Å². The molecule has 1 aliphatic heterocycles. The first-order valence-electron chi connectivity index (χ1n) is 25.8. The van der Waals surface area contributed by atoms with E-state index in [9.17, 15) is 0 Å². The van der Waals surface area contributed by atoms with Gasteiger partial charge in [0.25, 0.3) is 0 Å². The number of benzene rings is 6. The van der Waals surface area contributed by atoms with E-state index in [1.807, 2.05) is 6.20 Å². The van der Waals surface area contributed by atoms with Crippen LogP contribution in [0.25, 0.3) is 38.8 Å². The molecule has 0 unspecified atom stereocenters. The molecule has 0 radical (unpaired) electrons. The van der Waals surface area contributed by atoms with E-state index in [-0.39, 0.29) is 32.5 Å². The molecule has 0 aliphatic carbocycles. The van der Waals surface area contributed by atoms with Crippen LogP contribution in [0.4, 0.5) is 22.7 Å². The Balaban J connectivity index is 1.16. The third-order valence-corrected chi connectivity index (χ3v) is 14.6. The number of hydrogen-bond acceptors (Lipinski definition) is 4. The minimum absolute atomic E-state index is 0.00931. The summed E-state index contributed by atoms with van der Waals surface area (Å²) >= 11 is 0. The molecule has 5 nitrogen and oxygen atoms in total. The van der Waals surface area contributed by atoms with Gasteiger partial charge >= 0.3 is 0 Å². The number of nitrogens with zero attached hydrogens (tertiary/aromatic N) is 4. The van der Waals surface area contributed by atoms with Crippen LogP contribution in [0.5, 0.6) is 11.5 Å². The SMILES string of the molecule is CC(C)(C)c1cc(N2CN(c3cccc(Oc4ccc5c6ccc(C(C)(C)C)cc6n(-c6cc(C(C)(C)C)ccn6)c5c4)c3)c3ccc(-c4ccc(C(C)(C)C)cc4C(C)(C)C)cc32)cc(C(C)(C)C)c1. The summed E-state index contributed by atoms with van der Waals surface area (Å²) < 4.78 is 9.24. The van der Waals surface area contributed by atoms with Crippen molar-refractivity contribution in [1.29, 1.82) is 0 Å². The molecule has 0 atom stereocenters. The van der Waals surface area contributed by atoms with E-state index >= 15 is 0 Å². The van der Waals surface area contributed by atoms with Crippen LogP contribution in [0.3, 0.4) is 0 Å². The minimum atomic E-state index is -0.0461. The summed E-state index contributed by atoms with van der Waals surface area (Å²) in [6.07, 6.45) is 1.95. The minimum Gasteiger partial charge on any atom is -0.457 e. The number of pyridine rings is 1. The monoisotopic (exact) mass is 943 g/mol. The molecule has 0 fully saturated rings. The summed E-state index contributed by atoms with van der Waals surface area (Å²) in [6.45, 7) is 42.1. The first-order valence-corrected chi connectivity index (χ1v) is 25.8. The molecule has 0 saturated heterocycles. The molecule has 71 heavy (non-hydrogen) atoms. The van der Waals surface area contributed by atoms with E-state index < -0.39 is 0 Å². The number of ether oxygens (including phenoxy) is 1. The van der Waals surface area contributed by atoms with Crippen molar-refractivity contribution in [2.24, 2.45) is 0 Å². The lowest BCUT2D eigenvalue weighted by Crippen LogP contribution is -2.25. The Bertz CT molecular complexity index is 3290. The van der Waals surface area contributed by atoms with Crippen LogP contribution in [-0.2, 0) is 32.5 Å². The number of fused-ring (bicyclic) bond motifs is 4. The number of anilines is 4. The van der Waals surface area contributed by atoms with Gasteiger partial charge in [-0.1, -0.05) is 173 Å². The van der Waals surface area contributed by atoms with Crippen molar-refractivity contribution >= 4 is 44.6 Å². The largest absolute Gasteiger partial charge is 0.457 e. The van der Waals surface area contributed by atoms with Crippen molar-refractivity contribution in [3.63, 3.8) is 0 Å². The molecule has 0 N–H and O–H groups in total. The number of hydrogen-bond donors (Lipinski definition) is 0. The van der Waals surface area contributed by atoms with E-state index in [4.69, 9.17) is 9.72 Å². The highest BCUT2D eigenvalue weighted by Crippen LogP contribution is 2.49. The Kier molecular flexibility index (Phi) is 12.0. The van der Waals surface area contributed by atoms with Crippen molar-refractivity contribution in [1.82, 2.24) is 9.55 Å². The molecular weight excluding hydrogens is 865 g/mol. The van der Waals surface area contributed by atoms with Gasteiger partial charge in [-0.25, -0.2) is 4.98 Å². The molecule has 0 saturated carbocycles. The highest BCUT2D eigenvalue weighted by molar-refractivity contribution is 6.09. The smallest absolute Gasteiger partial charge is 0.137 e. The van der Waals surface area contributed by atoms with Gasteiger partial charge in [0.05, 0.1) is 22.4 Å². The fourth-order valence-electron chi connectivity index (χ4n) is 10.0. The lowest BCUT2D eigenvalue weighted by Gasteiger charge is -2.30. The highest BCUT2D eigenvalue weighted by Gasteiger charge is 2.32. The van der Waals surface area contributed by atoms with Gasteiger partial charge in [-0.15, -0.1) is 0 Å². The fourth-order valence-corrected chi connectivity index (χ4v) is 10.0. The van der Waals surface area contributed by atoms with Crippen molar-refractivity contribution in [3.8, 4) is 28.4 Å². The summed E-state index contributed by atoms with van der Waals surface area (Å²) in [4.78, 5) is 9.97. The second kappa shape index (κ2) is 17.2. The van der Waals surface area contributed by atoms with Crippen LogP contribution >= 0.6 is 0 Å². The standard InChI is InChI=1S/C66H78N4O/c1-61(2,3)43-23-26-52(55(36-43)66(16,17)18)42-22-29-56-59(32-42)69(49-34-46(64(10,11)12)33-47(35-49)65(13,14)15)41-68(56)48-20-19-21-50(39-48)71-51-25-28-54-53-27-24-44(62(4,5)6)37-57(53)70(58(54)40-51)60-38-45(30-31-67-60)63(7,8)9/h19-40H,41H2,1-18H3. The van der Waals surface area contributed by atoms with E-state index in [1.54, 1.807) is 0 Å². The lowest BCUT2D eigenvalue weighted by molar-refractivity contribution is 0.483. The molecule has 0 spiro atoms. The van der Waals surface area contributed by atoms with Gasteiger partial charge < -0.3 is 14.5 Å². The first kappa shape index (κ1) is 49.6. The van der Waals surface area contributed by atoms with Crippen molar-refractivity contribution in [2.75, 3.05) is 16.5 Å². The Morgan fingerprint density at radius 3 is 1.58 bits per heavy atom. The molecule has 1 aliphatic rings. The molecule has 368 valence electrons. The van der Waals surface area contributed by atoms with Gasteiger partial charge in [0.15, 0.2) is 0 Å². The second-order valence-corrected chi connectivity index (χ2v) is 26.5. The van der Waals surface area contributed by atoms with Crippen LogP contribution in [0.2, 0.25) is 0 Å². The van der Waals surface area contributed by atoms with Crippen LogP contribution in [0.15, 0.2) is 134 Å². The zero-order valence-electron chi connectivity index (χ0n) is 46.1. The fraction of sp³-hybridized carbons (Fsp3) is 0.379. The summed E-state index contributed by atoms with van der Waals surface area (Å²) in [5.74, 6) is 2.46. The summed E-state index contributed by atoms with van der Waals surface area (Å²) in [7, 11) is 0. The molecule has 2 aromatic heterocycles. The zero-order chi connectivity index (χ0) is 51.4. The summed E-state index contributed by atoms with van der Waals surface area (Å²) in [5, 5.41) is 2.37. The van der Waals surface area contributed by atoms with Crippen LogP contribution in [0.1, 0.15) is 158 Å². The Morgan fingerprint density at radius 1 is 0.408 bits per heavy atom. The molecule has 0 bridgehead atoms. The molecule has 6 aromatic carbocycles. The van der Waals surface area contributed by atoms with Crippen molar-refractivity contribution in [3.05, 3.63) is 167 Å². The van der Waals surface area contributed by atoms with Crippen LogP contribution < -0.4 is 14.5 Å². The van der Waals surface area contributed by atoms with Crippen LogP contribution in [0, 0.1) is 0 Å². The predicted octanol–water partition coefficient (Wildman–Crippen LogP) is 18.7. The van der Waals surface area contributed by atoms with E-state index in [0.717, 1.165) is 34.0 Å². The maximum Gasteiger partial charge on any atom is 0.137 e. The zero-order valence-corrected chi connectivity index (χ0v) is 46.1. The maximum atomic E-state index is 6.92. The molecular formula is C66H78N4O. The third-order valence-electron chi connectivity index (χ3n) is 14.6. The first-order chi connectivity index (χ1) is 32.9. The Morgan fingerprint density at radius 2 is 0.958 bits per heavy atom. The Labute approximate surface area is 425 Å². The van der Waals surface area contributed by atoms with Gasteiger partial charge in [-0.3, -0.25) is 4.57 Å². The normalized spacial score (nSPS) is 13.9. The quantitative estimate of drug-likeness (QED) is 0.166. The number of rotatable bonds is 6. The van der Waals surface area contributed by atoms with Gasteiger partial charge in [-0.05, 0) is 144 Å². The van der Waals surface area contributed by atoms with Crippen molar-refractivity contribution < 1.29 is 4.74 Å². The topological polar surface area (TPSA) is 33.5 Å². The predicted molar refractivity (Wildman–Crippen MR) is 305 cm³/mol. The van der Waals surface area contributed by atoms with Crippen molar-refractivity contribution in [2.45, 2.75) is 157 Å². The maximum absolute atomic E-state index is 6.92. The van der Waals surface area contributed by atoms with Gasteiger partial charge in [0, 0.05) is 40.5 Å². The summed E-state index contributed by atoms with van der Waals surface area (Å²) in [6, 6.07) is 47.9. The van der Waals surface area contributed by atoms with E-state index in [1.165, 1.54) is 72.3 Å². The molecule has 8 aromatic rings. The van der Waals surface area contributed by atoms with E-state index in [2.05, 4.69) is 266 Å². The second-order valence-electron chi connectivity index (χ2n) is 26.5. The lowest BCUT2D eigenvalue weighted by atomic mass is 9.77. The average Bonchev–Trinajstić information content (AvgIpc) is 3.82. The Hall–Kier alpha value is -6.33. The highest BCUT2D eigenvalue weighted by atomic mass is 16.5. The number of aromatic nitrogens is 2. The van der Waals surface area contributed by atoms with Gasteiger partial charge in [0.1, 0.15) is 24.0 Å². The van der Waals surface area contributed by atoms with Crippen LogP contribution in [-0.4, -0.2) is 16.2 Å². The van der Waals surface area contributed by atoms with E-state index in [0.29, 0.717) is 6.67 Å². The summed E-state index contributed by atoms with van der Waals surface area (Å²) in [5.41, 5.74) is 17.2. The molecule has 0 amide bonds. The molecule has 9 rings (SSSR count). The molecule has 3 heterocycles. The average molecular weight is 943 g/mol. The third kappa shape index (κ3) is 9.74. The van der Waals surface area contributed by atoms with Gasteiger partial charge in [0.2, 0.25) is 0 Å². The molecule has 5 heteroatoms.